The third-order valence-corrected chi connectivity index (χ3v) is 2.67. The van der Waals surface area contributed by atoms with Crippen LogP contribution in [0.3, 0.4) is 0 Å². The zero-order valence-corrected chi connectivity index (χ0v) is 8.11. The molecular weight excluding hydrogens is 180 g/mol. The molecule has 0 radical (unpaired) electrons. The highest BCUT2D eigenvalue weighted by Crippen LogP contribution is 2.28. The molecule has 0 N–H and O–H groups in total. The lowest BCUT2D eigenvalue weighted by Crippen LogP contribution is -2.13. The summed E-state index contributed by atoms with van der Waals surface area (Å²) in [6, 6.07) is 0. The van der Waals surface area contributed by atoms with E-state index < -0.39 is 6.17 Å². The van der Waals surface area contributed by atoms with Crippen molar-refractivity contribution in [3.05, 3.63) is 0 Å². The maximum absolute atomic E-state index is 10.1. The monoisotopic (exact) mass is 194 g/mol. The van der Waals surface area contributed by atoms with Crippen LogP contribution in [0.1, 0.15) is 38.5 Å². The fourth-order valence-corrected chi connectivity index (χ4v) is 1.98. The average molecular weight is 194 g/mol. The molecular formula is C10H14N2O2. The second-order valence-electron chi connectivity index (χ2n) is 3.66. The van der Waals surface area contributed by atoms with Crippen LogP contribution < -0.4 is 0 Å². The van der Waals surface area contributed by atoms with E-state index in [1.54, 1.807) is 0 Å². The Morgan fingerprint density at radius 3 is 2.14 bits per heavy atom. The third-order valence-electron chi connectivity index (χ3n) is 2.67. The molecule has 0 amide bonds. The van der Waals surface area contributed by atoms with E-state index in [9.17, 15) is 9.59 Å². The van der Waals surface area contributed by atoms with Gasteiger partial charge in [-0.05, 0) is 12.3 Å². The maximum atomic E-state index is 10.1. The number of rotatable bonds is 4. The van der Waals surface area contributed by atoms with Crippen LogP contribution in [0.5, 0.6) is 0 Å². The molecule has 1 aliphatic rings. The Bertz CT molecular complexity index is 241. The summed E-state index contributed by atoms with van der Waals surface area (Å²) in [5.74, 6) is 0.544. The lowest BCUT2D eigenvalue weighted by molar-refractivity contribution is 0.320. The molecule has 1 aliphatic carbocycles. The quantitative estimate of drug-likeness (QED) is 0.507. The van der Waals surface area contributed by atoms with Gasteiger partial charge in [0.25, 0.3) is 0 Å². The Kier molecular flexibility index (Phi) is 4.84. The van der Waals surface area contributed by atoms with Gasteiger partial charge in [0.2, 0.25) is 12.2 Å². The van der Waals surface area contributed by atoms with E-state index in [0.717, 1.165) is 12.8 Å². The van der Waals surface area contributed by atoms with E-state index in [1.807, 2.05) is 0 Å². The SMILES string of the molecule is O=C=NC(CC1CCCCC1)N=C=O. The fraction of sp³-hybridized carbons (Fsp3) is 0.800. The topological polar surface area (TPSA) is 58.9 Å². The highest BCUT2D eigenvalue weighted by atomic mass is 16.1. The summed E-state index contributed by atoms with van der Waals surface area (Å²) in [5.41, 5.74) is 0. The summed E-state index contributed by atoms with van der Waals surface area (Å²) >= 11 is 0. The largest absolute Gasteiger partial charge is 0.237 e. The van der Waals surface area contributed by atoms with Crippen molar-refractivity contribution in [3.63, 3.8) is 0 Å². The molecule has 0 aromatic heterocycles. The molecule has 4 heteroatoms. The molecule has 1 saturated carbocycles. The Balaban J connectivity index is 2.44. The van der Waals surface area contributed by atoms with Crippen LogP contribution in [0.4, 0.5) is 0 Å². The number of carbonyl (C=O) groups excluding carboxylic acids is 2. The minimum absolute atomic E-state index is 0.544. The van der Waals surface area contributed by atoms with Crippen molar-refractivity contribution in [3.8, 4) is 0 Å². The number of hydrogen-bond donors (Lipinski definition) is 0. The molecule has 0 aromatic rings. The normalized spacial score (nSPS) is 19.1. The molecule has 0 heterocycles. The molecule has 0 bridgehead atoms. The average Bonchev–Trinajstić information content (AvgIpc) is 2.20. The summed E-state index contributed by atoms with van der Waals surface area (Å²) < 4.78 is 0. The molecule has 76 valence electrons. The van der Waals surface area contributed by atoms with Gasteiger partial charge in [0.1, 0.15) is 0 Å². The van der Waals surface area contributed by atoms with Crippen molar-refractivity contribution in [2.24, 2.45) is 15.9 Å². The molecule has 14 heavy (non-hydrogen) atoms. The number of isocyanates is 2. The van der Waals surface area contributed by atoms with Gasteiger partial charge in [-0.2, -0.15) is 9.98 Å². The third kappa shape index (κ3) is 3.65. The summed E-state index contributed by atoms with van der Waals surface area (Å²) in [5, 5.41) is 0. The van der Waals surface area contributed by atoms with E-state index in [0.29, 0.717) is 12.3 Å². The van der Waals surface area contributed by atoms with Gasteiger partial charge in [-0.3, -0.25) is 0 Å². The summed E-state index contributed by atoms with van der Waals surface area (Å²) in [6.45, 7) is 0. The molecule has 1 fully saturated rings. The lowest BCUT2D eigenvalue weighted by Gasteiger charge is -2.21. The molecule has 4 nitrogen and oxygen atoms in total. The predicted molar refractivity (Wildman–Crippen MR) is 51.2 cm³/mol. The lowest BCUT2D eigenvalue weighted by atomic mass is 9.86. The number of nitrogens with zero attached hydrogens (tertiary/aromatic N) is 2. The molecule has 0 atom stereocenters. The van der Waals surface area contributed by atoms with Crippen molar-refractivity contribution in [1.29, 1.82) is 0 Å². The summed E-state index contributed by atoms with van der Waals surface area (Å²) in [4.78, 5) is 27.0. The molecule has 0 saturated heterocycles. The van der Waals surface area contributed by atoms with Gasteiger partial charge in [-0.15, -0.1) is 0 Å². The fourth-order valence-electron chi connectivity index (χ4n) is 1.98. The van der Waals surface area contributed by atoms with Crippen molar-refractivity contribution < 1.29 is 9.59 Å². The Labute approximate surface area is 83.1 Å². The smallest absolute Gasteiger partial charge is 0.211 e. The van der Waals surface area contributed by atoms with E-state index in [1.165, 1.54) is 31.4 Å². The van der Waals surface area contributed by atoms with E-state index in [-0.39, 0.29) is 0 Å². The van der Waals surface area contributed by atoms with Crippen molar-refractivity contribution in [1.82, 2.24) is 0 Å². The second kappa shape index (κ2) is 6.25. The first kappa shape index (κ1) is 10.8. The van der Waals surface area contributed by atoms with E-state index in [2.05, 4.69) is 9.98 Å². The van der Waals surface area contributed by atoms with Gasteiger partial charge in [0, 0.05) is 0 Å². The van der Waals surface area contributed by atoms with Crippen LogP contribution in [-0.2, 0) is 9.59 Å². The zero-order valence-electron chi connectivity index (χ0n) is 8.11. The van der Waals surface area contributed by atoms with Crippen LogP contribution in [0.2, 0.25) is 0 Å². The molecule has 1 rings (SSSR count). The highest BCUT2D eigenvalue weighted by molar-refractivity contribution is 5.36. The van der Waals surface area contributed by atoms with Gasteiger partial charge < -0.3 is 0 Å². The van der Waals surface area contributed by atoms with Crippen LogP contribution in [0.25, 0.3) is 0 Å². The van der Waals surface area contributed by atoms with Crippen molar-refractivity contribution >= 4 is 12.2 Å². The number of aliphatic imine (C=N–C) groups is 2. The van der Waals surface area contributed by atoms with Gasteiger partial charge in [-0.25, -0.2) is 9.59 Å². The molecule has 0 aromatic carbocycles. The Morgan fingerprint density at radius 1 is 1.07 bits per heavy atom. The first-order valence-electron chi connectivity index (χ1n) is 5.00. The van der Waals surface area contributed by atoms with E-state index in [4.69, 9.17) is 0 Å². The van der Waals surface area contributed by atoms with Crippen molar-refractivity contribution in [2.45, 2.75) is 44.7 Å². The summed E-state index contributed by atoms with van der Waals surface area (Å²) in [7, 11) is 0. The van der Waals surface area contributed by atoms with Gasteiger partial charge in [0.15, 0.2) is 6.17 Å². The van der Waals surface area contributed by atoms with Crippen LogP contribution in [0.15, 0.2) is 9.98 Å². The van der Waals surface area contributed by atoms with Crippen LogP contribution in [0, 0.1) is 5.92 Å². The van der Waals surface area contributed by atoms with Gasteiger partial charge in [0.05, 0.1) is 0 Å². The number of hydrogen-bond acceptors (Lipinski definition) is 4. The molecule has 0 unspecified atom stereocenters. The molecule has 0 aliphatic heterocycles. The minimum Gasteiger partial charge on any atom is -0.211 e. The Hall–Kier alpha value is -1.24. The maximum Gasteiger partial charge on any atom is 0.237 e. The second-order valence-corrected chi connectivity index (χ2v) is 3.66. The highest BCUT2D eigenvalue weighted by Gasteiger charge is 2.17. The first-order chi connectivity index (χ1) is 6.86. The van der Waals surface area contributed by atoms with Crippen LogP contribution in [-0.4, -0.2) is 18.3 Å². The first-order valence-corrected chi connectivity index (χ1v) is 5.00. The Morgan fingerprint density at radius 2 is 1.64 bits per heavy atom. The minimum atomic E-state index is -0.548. The molecule has 0 spiro atoms. The summed E-state index contributed by atoms with van der Waals surface area (Å²) in [6.07, 6.45) is 9.08. The van der Waals surface area contributed by atoms with Gasteiger partial charge in [-0.1, -0.05) is 32.1 Å². The predicted octanol–water partition coefficient (Wildman–Crippen LogP) is 1.95. The standard InChI is InChI=1S/C10H14N2O2/c13-7-11-10(12-8-14)6-9-4-2-1-3-5-9/h9-10H,1-6H2. The van der Waals surface area contributed by atoms with Crippen LogP contribution >= 0.6 is 0 Å². The van der Waals surface area contributed by atoms with E-state index >= 15 is 0 Å². The zero-order chi connectivity index (χ0) is 10.2. The van der Waals surface area contributed by atoms with Gasteiger partial charge >= 0.3 is 0 Å². The van der Waals surface area contributed by atoms with Crippen molar-refractivity contribution in [2.75, 3.05) is 0 Å².